The molecular weight excluding hydrogens is 346 g/mol. The number of thiophene rings is 1. The van der Waals surface area contributed by atoms with E-state index in [2.05, 4.69) is 39.7 Å². The van der Waals surface area contributed by atoms with Gasteiger partial charge in [-0.3, -0.25) is 9.79 Å². The smallest absolute Gasteiger partial charge is 0.261 e. The minimum atomic E-state index is 0.00727. The van der Waals surface area contributed by atoms with Gasteiger partial charge in [0, 0.05) is 38.8 Å². The molecule has 7 heteroatoms. The quantitative estimate of drug-likeness (QED) is 0.350. The van der Waals surface area contributed by atoms with Crippen molar-refractivity contribution in [2.24, 2.45) is 4.99 Å². The van der Waals surface area contributed by atoms with E-state index in [0.29, 0.717) is 19.1 Å². The van der Waals surface area contributed by atoms with E-state index in [1.165, 1.54) is 50.2 Å². The van der Waals surface area contributed by atoms with E-state index in [9.17, 15) is 4.79 Å². The fourth-order valence-electron chi connectivity index (χ4n) is 3.10. The summed E-state index contributed by atoms with van der Waals surface area (Å²) in [6.07, 6.45) is 4.40. The number of likely N-dealkylation sites (tertiary alicyclic amines) is 1. The van der Waals surface area contributed by atoms with Gasteiger partial charge in [0.15, 0.2) is 5.96 Å². The highest BCUT2D eigenvalue weighted by Gasteiger charge is 2.19. The van der Waals surface area contributed by atoms with Crippen LogP contribution in [0.2, 0.25) is 0 Å². The van der Waals surface area contributed by atoms with Gasteiger partial charge >= 0.3 is 0 Å². The van der Waals surface area contributed by atoms with Crippen LogP contribution in [0.4, 0.5) is 0 Å². The van der Waals surface area contributed by atoms with Crippen molar-refractivity contribution < 1.29 is 4.79 Å². The van der Waals surface area contributed by atoms with E-state index >= 15 is 0 Å². The third-order valence-electron chi connectivity index (χ3n) is 4.45. The Balaban J connectivity index is 1.67. The second-order valence-corrected chi connectivity index (χ2v) is 7.56. The topological polar surface area (TPSA) is 68.8 Å². The van der Waals surface area contributed by atoms with Gasteiger partial charge in [0.2, 0.25) is 0 Å². The molecule has 2 rings (SSSR count). The highest BCUT2D eigenvalue weighted by Crippen LogP contribution is 2.10. The van der Waals surface area contributed by atoms with Crippen molar-refractivity contribution >= 4 is 23.2 Å². The summed E-state index contributed by atoms with van der Waals surface area (Å²) in [6.45, 7) is 10.1. The minimum absolute atomic E-state index is 0.00727. The first-order chi connectivity index (χ1) is 12.7. The van der Waals surface area contributed by atoms with Crippen LogP contribution >= 0.6 is 11.3 Å². The molecule has 1 amide bonds. The Morgan fingerprint density at radius 3 is 2.77 bits per heavy atom. The summed E-state index contributed by atoms with van der Waals surface area (Å²) in [7, 11) is 0. The number of hydrogen-bond donors (Lipinski definition) is 3. The first-order valence-corrected chi connectivity index (χ1v) is 10.7. The number of piperidine rings is 1. The van der Waals surface area contributed by atoms with Crippen molar-refractivity contribution in [1.82, 2.24) is 20.9 Å². The lowest BCUT2D eigenvalue weighted by Gasteiger charge is -2.32. The van der Waals surface area contributed by atoms with Crippen LogP contribution in [0.1, 0.15) is 49.2 Å². The fourth-order valence-corrected chi connectivity index (χ4v) is 3.74. The largest absolute Gasteiger partial charge is 0.357 e. The van der Waals surface area contributed by atoms with Gasteiger partial charge in [-0.1, -0.05) is 13.0 Å². The lowest BCUT2D eigenvalue weighted by molar-refractivity contribution is 0.0957. The van der Waals surface area contributed by atoms with Gasteiger partial charge in [0.05, 0.1) is 4.88 Å². The van der Waals surface area contributed by atoms with Crippen LogP contribution < -0.4 is 16.0 Å². The molecule has 0 atom stereocenters. The van der Waals surface area contributed by atoms with Crippen LogP contribution in [0.15, 0.2) is 22.5 Å². The normalized spacial score (nSPS) is 16.5. The van der Waals surface area contributed by atoms with Gasteiger partial charge in [-0.05, 0) is 50.6 Å². The van der Waals surface area contributed by atoms with Crippen LogP contribution in [-0.4, -0.2) is 62.1 Å². The van der Waals surface area contributed by atoms with E-state index in [1.54, 1.807) is 0 Å². The van der Waals surface area contributed by atoms with Crippen molar-refractivity contribution in [1.29, 1.82) is 0 Å². The second-order valence-electron chi connectivity index (χ2n) is 6.61. The van der Waals surface area contributed by atoms with Crippen molar-refractivity contribution in [3.63, 3.8) is 0 Å². The molecule has 146 valence electrons. The van der Waals surface area contributed by atoms with E-state index < -0.39 is 0 Å². The summed E-state index contributed by atoms with van der Waals surface area (Å²) in [6, 6.07) is 4.24. The van der Waals surface area contributed by atoms with E-state index in [0.717, 1.165) is 23.8 Å². The highest BCUT2D eigenvalue weighted by atomic mass is 32.1. The third-order valence-corrected chi connectivity index (χ3v) is 5.32. The molecule has 1 fully saturated rings. The summed E-state index contributed by atoms with van der Waals surface area (Å²) < 4.78 is 0. The van der Waals surface area contributed by atoms with Crippen LogP contribution in [0.5, 0.6) is 0 Å². The average Bonchev–Trinajstić information content (AvgIpc) is 3.18. The molecule has 6 nitrogen and oxygen atoms in total. The van der Waals surface area contributed by atoms with Crippen LogP contribution in [-0.2, 0) is 0 Å². The maximum Gasteiger partial charge on any atom is 0.261 e. The van der Waals surface area contributed by atoms with Gasteiger partial charge in [0.25, 0.3) is 5.91 Å². The van der Waals surface area contributed by atoms with Crippen molar-refractivity contribution in [2.45, 2.75) is 45.6 Å². The molecule has 1 saturated heterocycles. The van der Waals surface area contributed by atoms with Gasteiger partial charge in [-0.25, -0.2) is 0 Å². The molecule has 0 saturated carbocycles. The number of rotatable bonds is 9. The SMILES string of the molecule is CCCN1CCC(NC(=NCCCNC(=O)c2cccs2)NCC)CC1. The molecule has 0 radical (unpaired) electrons. The molecule has 1 aliphatic heterocycles. The van der Waals surface area contributed by atoms with Crippen LogP contribution in [0.25, 0.3) is 0 Å². The summed E-state index contributed by atoms with van der Waals surface area (Å²) in [5.41, 5.74) is 0. The molecule has 1 aromatic rings. The Bertz CT molecular complexity index is 538. The monoisotopic (exact) mass is 379 g/mol. The van der Waals surface area contributed by atoms with Crippen LogP contribution in [0, 0.1) is 0 Å². The zero-order valence-electron chi connectivity index (χ0n) is 16.1. The Hall–Kier alpha value is -1.60. The molecule has 0 spiro atoms. The molecule has 0 unspecified atom stereocenters. The summed E-state index contributed by atoms with van der Waals surface area (Å²) in [5.74, 6) is 0.902. The van der Waals surface area contributed by atoms with E-state index in [-0.39, 0.29) is 5.91 Å². The lowest BCUT2D eigenvalue weighted by atomic mass is 10.1. The van der Waals surface area contributed by atoms with Gasteiger partial charge < -0.3 is 20.9 Å². The Morgan fingerprint density at radius 1 is 1.31 bits per heavy atom. The average molecular weight is 380 g/mol. The molecule has 3 N–H and O–H groups in total. The van der Waals surface area contributed by atoms with Crippen molar-refractivity contribution in [3.8, 4) is 0 Å². The molecule has 1 aliphatic rings. The van der Waals surface area contributed by atoms with Crippen molar-refractivity contribution in [3.05, 3.63) is 22.4 Å². The molecule has 1 aromatic heterocycles. The predicted molar refractivity (Wildman–Crippen MR) is 110 cm³/mol. The molecule has 0 aliphatic carbocycles. The minimum Gasteiger partial charge on any atom is -0.357 e. The molecule has 2 heterocycles. The zero-order valence-corrected chi connectivity index (χ0v) is 16.9. The standard InChI is InChI=1S/C19H33N5OS/c1-3-12-24-13-8-16(9-14-24)23-19(20-4-2)22-11-6-10-21-18(25)17-7-5-15-26-17/h5,7,15-16H,3-4,6,8-14H2,1-2H3,(H,21,25)(H2,20,22,23). The van der Waals surface area contributed by atoms with Crippen LogP contribution in [0.3, 0.4) is 0 Å². The number of guanidine groups is 1. The zero-order chi connectivity index (χ0) is 18.6. The fraction of sp³-hybridized carbons (Fsp3) is 0.684. The molecule has 0 bridgehead atoms. The van der Waals surface area contributed by atoms with Gasteiger partial charge in [-0.15, -0.1) is 11.3 Å². The number of aliphatic imine (C=N–C) groups is 1. The number of amides is 1. The Labute approximate surface area is 161 Å². The number of nitrogens with zero attached hydrogens (tertiary/aromatic N) is 2. The molecule has 26 heavy (non-hydrogen) atoms. The van der Waals surface area contributed by atoms with E-state index in [4.69, 9.17) is 0 Å². The molecular formula is C19H33N5OS. The first-order valence-electron chi connectivity index (χ1n) is 9.81. The maximum absolute atomic E-state index is 11.9. The number of carbonyl (C=O) groups excluding carboxylic acids is 1. The first kappa shape index (κ1) is 20.7. The lowest BCUT2D eigenvalue weighted by Crippen LogP contribution is -2.48. The maximum atomic E-state index is 11.9. The summed E-state index contributed by atoms with van der Waals surface area (Å²) in [4.78, 5) is 19.8. The Kier molecular flexibility index (Phi) is 9.48. The number of hydrogen-bond acceptors (Lipinski definition) is 4. The number of nitrogens with one attached hydrogen (secondary N) is 3. The second kappa shape index (κ2) is 11.9. The summed E-state index contributed by atoms with van der Waals surface area (Å²) >= 11 is 1.47. The van der Waals surface area contributed by atoms with Gasteiger partial charge in [-0.2, -0.15) is 0 Å². The molecule has 0 aromatic carbocycles. The van der Waals surface area contributed by atoms with Gasteiger partial charge in [0.1, 0.15) is 0 Å². The van der Waals surface area contributed by atoms with Crippen molar-refractivity contribution in [2.75, 3.05) is 39.3 Å². The third kappa shape index (κ3) is 7.33. The highest BCUT2D eigenvalue weighted by molar-refractivity contribution is 7.12. The number of carbonyl (C=O) groups is 1. The predicted octanol–water partition coefficient (Wildman–Crippen LogP) is 2.30. The van der Waals surface area contributed by atoms with E-state index in [1.807, 2.05) is 17.5 Å². The summed E-state index contributed by atoms with van der Waals surface area (Å²) in [5, 5.41) is 11.8. The Morgan fingerprint density at radius 2 is 2.12 bits per heavy atom.